The van der Waals surface area contributed by atoms with Gasteiger partial charge in [0.25, 0.3) is 5.91 Å². The van der Waals surface area contributed by atoms with Crippen LogP contribution in [-0.2, 0) is 0 Å². The molecule has 0 atom stereocenters. The molecule has 1 N–H and O–H groups in total. The summed E-state index contributed by atoms with van der Waals surface area (Å²) in [7, 11) is 0. The first-order chi connectivity index (χ1) is 10.0. The summed E-state index contributed by atoms with van der Waals surface area (Å²) in [5, 5.41) is 3.61. The van der Waals surface area contributed by atoms with Gasteiger partial charge in [-0.1, -0.05) is 23.2 Å². The predicted molar refractivity (Wildman–Crippen MR) is 83.2 cm³/mol. The molecule has 21 heavy (non-hydrogen) atoms. The molecular weight excluding hydrogens is 309 g/mol. The lowest BCUT2D eigenvalue weighted by molar-refractivity contribution is 0.102. The summed E-state index contributed by atoms with van der Waals surface area (Å²) in [4.78, 5) is 20.9. The number of aromatic nitrogens is 2. The van der Waals surface area contributed by atoms with Crippen LogP contribution >= 0.6 is 23.2 Å². The van der Waals surface area contributed by atoms with Crippen molar-refractivity contribution in [2.24, 2.45) is 0 Å². The second-order valence-electron chi connectivity index (χ2n) is 5.08. The van der Waals surface area contributed by atoms with Crippen LogP contribution in [0, 0.1) is 6.92 Å². The van der Waals surface area contributed by atoms with Gasteiger partial charge in [0.2, 0.25) is 0 Å². The summed E-state index contributed by atoms with van der Waals surface area (Å²) in [5.41, 5.74) is 1.73. The zero-order valence-corrected chi connectivity index (χ0v) is 12.9. The van der Waals surface area contributed by atoms with Crippen molar-refractivity contribution < 1.29 is 4.79 Å². The molecule has 4 nitrogen and oxygen atoms in total. The maximum atomic E-state index is 12.3. The van der Waals surface area contributed by atoms with Crippen molar-refractivity contribution in [1.82, 2.24) is 9.97 Å². The molecule has 0 radical (unpaired) electrons. The number of rotatable bonds is 3. The highest BCUT2D eigenvalue weighted by Crippen LogP contribution is 2.38. The summed E-state index contributed by atoms with van der Waals surface area (Å²) >= 11 is 11.8. The van der Waals surface area contributed by atoms with E-state index >= 15 is 0 Å². The van der Waals surface area contributed by atoms with Crippen LogP contribution in [0.3, 0.4) is 0 Å². The van der Waals surface area contributed by atoms with Gasteiger partial charge in [-0.25, -0.2) is 9.97 Å². The number of nitrogens with zero attached hydrogens (tertiary/aromatic N) is 2. The van der Waals surface area contributed by atoms with Crippen LogP contribution in [-0.4, -0.2) is 15.9 Å². The minimum Gasteiger partial charge on any atom is -0.322 e. The van der Waals surface area contributed by atoms with E-state index in [1.165, 1.54) is 0 Å². The van der Waals surface area contributed by atoms with Crippen LogP contribution in [0.5, 0.6) is 0 Å². The van der Waals surface area contributed by atoms with E-state index in [0.717, 1.165) is 18.7 Å². The highest BCUT2D eigenvalue weighted by Gasteiger charge is 2.27. The average molecular weight is 322 g/mol. The van der Waals surface area contributed by atoms with Gasteiger partial charge in [0.15, 0.2) is 0 Å². The van der Waals surface area contributed by atoms with Crippen molar-refractivity contribution in [2.75, 3.05) is 5.32 Å². The number of amides is 1. The summed E-state index contributed by atoms with van der Waals surface area (Å²) in [6.45, 7) is 1.82. The van der Waals surface area contributed by atoms with Crippen molar-refractivity contribution in [1.29, 1.82) is 0 Å². The highest BCUT2D eigenvalue weighted by molar-refractivity contribution is 6.42. The zero-order chi connectivity index (χ0) is 15.0. The number of aryl methyl sites for hydroxylation is 1. The Morgan fingerprint density at radius 2 is 2.05 bits per heavy atom. The first-order valence-corrected chi connectivity index (χ1v) is 7.40. The van der Waals surface area contributed by atoms with Crippen molar-refractivity contribution >= 4 is 34.8 Å². The van der Waals surface area contributed by atoms with Gasteiger partial charge in [-0.05, 0) is 38.0 Å². The fraction of sp³-hybridized carbons (Fsp3) is 0.267. The molecule has 1 aliphatic rings. The van der Waals surface area contributed by atoms with Crippen molar-refractivity contribution in [3.63, 3.8) is 0 Å². The van der Waals surface area contributed by atoms with Crippen LogP contribution in [0.4, 0.5) is 5.69 Å². The first kappa shape index (κ1) is 14.3. The van der Waals surface area contributed by atoms with Crippen LogP contribution in [0.1, 0.15) is 40.6 Å². The number of hydrogen-bond donors (Lipinski definition) is 1. The van der Waals surface area contributed by atoms with Crippen molar-refractivity contribution in [2.45, 2.75) is 25.7 Å². The Kier molecular flexibility index (Phi) is 3.83. The third-order valence-electron chi connectivity index (χ3n) is 3.36. The van der Waals surface area contributed by atoms with Crippen LogP contribution in [0.25, 0.3) is 0 Å². The van der Waals surface area contributed by atoms with E-state index in [0.29, 0.717) is 32.9 Å². The van der Waals surface area contributed by atoms with Gasteiger partial charge in [-0.3, -0.25) is 4.79 Å². The van der Waals surface area contributed by atoms with E-state index in [1.54, 1.807) is 24.4 Å². The number of halogens is 2. The average Bonchev–Trinajstić information content (AvgIpc) is 3.27. The molecule has 0 bridgehead atoms. The van der Waals surface area contributed by atoms with Gasteiger partial charge in [0, 0.05) is 17.8 Å². The monoisotopic (exact) mass is 321 g/mol. The maximum absolute atomic E-state index is 12.3. The molecule has 0 saturated heterocycles. The summed E-state index contributed by atoms with van der Waals surface area (Å²) in [6.07, 6.45) is 3.85. The molecule has 1 fully saturated rings. The summed E-state index contributed by atoms with van der Waals surface area (Å²) < 4.78 is 0. The molecule has 1 heterocycles. The normalized spacial score (nSPS) is 14.0. The molecule has 3 rings (SSSR count). The highest BCUT2D eigenvalue weighted by atomic mass is 35.5. The van der Waals surface area contributed by atoms with Gasteiger partial charge in [0.1, 0.15) is 5.82 Å². The number of carbonyl (C=O) groups excluding carboxylic acids is 1. The molecule has 0 aliphatic heterocycles. The van der Waals surface area contributed by atoms with Gasteiger partial charge < -0.3 is 5.32 Å². The zero-order valence-electron chi connectivity index (χ0n) is 11.4. The van der Waals surface area contributed by atoms with Gasteiger partial charge in [-0.2, -0.15) is 0 Å². The predicted octanol–water partition coefficient (Wildman–Crippen LogP) is 4.22. The Bertz CT molecular complexity index is 714. The number of anilines is 1. The lowest BCUT2D eigenvalue weighted by atomic mass is 10.2. The fourth-order valence-corrected chi connectivity index (χ4v) is 2.32. The summed E-state index contributed by atoms with van der Waals surface area (Å²) in [5.74, 6) is 1.04. The molecule has 1 aromatic carbocycles. The largest absolute Gasteiger partial charge is 0.322 e. The third kappa shape index (κ3) is 3.17. The Balaban J connectivity index is 1.79. The molecular formula is C15H13Cl2N3O. The minimum absolute atomic E-state index is 0.256. The SMILES string of the molecule is Cc1nc(C2CC2)ncc1C(=O)Nc1ccc(Cl)c(Cl)c1. The fourth-order valence-electron chi connectivity index (χ4n) is 2.02. The lowest BCUT2D eigenvalue weighted by Gasteiger charge is -2.08. The Hall–Kier alpha value is -1.65. The van der Waals surface area contributed by atoms with Crippen LogP contribution in [0.15, 0.2) is 24.4 Å². The molecule has 1 aliphatic carbocycles. The molecule has 108 valence electrons. The van der Waals surface area contributed by atoms with Gasteiger partial charge in [0.05, 0.1) is 21.3 Å². The van der Waals surface area contributed by atoms with Crippen molar-refractivity contribution in [3.05, 3.63) is 51.5 Å². The van der Waals surface area contributed by atoms with Crippen LogP contribution in [0.2, 0.25) is 10.0 Å². The standard InChI is InChI=1S/C15H13Cl2N3O/c1-8-11(7-18-14(19-8)9-2-3-9)15(21)20-10-4-5-12(16)13(17)6-10/h4-7,9H,2-3H2,1H3,(H,20,21). The second kappa shape index (κ2) is 5.62. The van der Waals surface area contributed by atoms with E-state index in [-0.39, 0.29) is 5.91 Å². The molecule has 1 saturated carbocycles. The number of hydrogen-bond acceptors (Lipinski definition) is 3. The molecule has 0 unspecified atom stereocenters. The smallest absolute Gasteiger partial charge is 0.259 e. The van der Waals surface area contributed by atoms with Crippen LogP contribution < -0.4 is 5.32 Å². The van der Waals surface area contributed by atoms with Crippen molar-refractivity contribution in [3.8, 4) is 0 Å². The molecule has 1 amide bonds. The van der Waals surface area contributed by atoms with E-state index in [9.17, 15) is 4.79 Å². The van der Waals surface area contributed by atoms with E-state index in [2.05, 4.69) is 15.3 Å². The lowest BCUT2D eigenvalue weighted by Crippen LogP contribution is -2.15. The third-order valence-corrected chi connectivity index (χ3v) is 4.10. The van der Waals surface area contributed by atoms with E-state index in [1.807, 2.05) is 6.92 Å². The second-order valence-corrected chi connectivity index (χ2v) is 5.90. The van der Waals surface area contributed by atoms with E-state index in [4.69, 9.17) is 23.2 Å². The Morgan fingerprint density at radius 1 is 1.29 bits per heavy atom. The summed E-state index contributed by atoms with van der Waals surface area (Å²) in [6, 6.07) is 4.94. The minimum atomic E-state index is -0.256. The van der Waals surface area contributed by atoms with E-state index < -0.39 is 0 Å². The number of carbonyl (C=O) groups is 1. The van der Waals surface area contributed by atoms with Gasteiger partial charge in [-0.15, -0.1) is 0 Å². The number of benzene rings is 1. The van der Waals surface area contributed by atoms with Gasteiger partial charge >= 0.3 is 0 Å². The maximum Gasteiger partial charge on any atom is 0.259 e. The molecule has 0 spiro atoms. The Labute approximate surface area is 132 Å². The Morgan fingerprint density at radius 3 is 2.67 bits per heavy atom. The molecule has 2 aromatic rings. The molecule has 1 aromatic heterocycles. The number of nitrogens with one attached hydrogen (secondary N) is 1. The molecule has 6 heteroatoms. The first-order valence-electron chi connectivity index (χ1n) is 6.64. The quantitative estimate of drug-likeness (QED) is 0.920. The topological polar surface area (TPSA) is 54.9 Å².